The molecule has 39 heavy (non-hydrogen) atoms. The van der Waals surface area contributed by atoms with Gasteiger partial charge in [0.1, 0.15) is 5.82 Å². The summed E-state index contributed by atoms with van der Waals surface area (Å²) in [5.74, 6) is -3.27. The molecule has 0 spiro atoms. The first kappa shape index (κ1) is 27.9. The molecule has 0 bridgehead atoms. The summed E-state index contributed by atoms with van der Waals surface area (Å²) in [4.78, 5) is 43.5. The Morgan fingerprint density at radius 1 is 1.10 bits per heavy atom. The van der Waals surface area contributed by atoms with Gasteiger partial charge in [-0.1, -0.05) is 25.1 Å². The fraction of sp³-hybridized carbons (Fsp3) is 0.444. The zero-order valence-corrected chi connectivity index (χ0v) is 22.9. The van der Waals surface area contributed by atoms with E-state index < -0.39 is 28.9 Å². The highest BCUT2D eigenvalue weighted by atomic mass is 19.3. The summed E-state index contributed by atoms with van der Waals surface area (Å²) in [7, 11) is 0. The lowest BCUT2D eigenvalue weighted by Gasteiger charge is -2.28. The molecule has 0 amide bonds. The van der Waals surface area contributed by atoms with E-state index in [0.717, 1.165) is 11.5 Å². The van der Waals surface area contributed by atoms with Gasteiger partial charge in [0.25, 0.3) is 11.5 Å². The zero-order chi connectivity index (χ0) is 28.7. The van der Waals surface area contributed by atoms with Crippen molar-refractivity contribution in [1.29, 1.82) is 0 Å². The van der Waals surface area contributed by atoms with Gasteiger partial charge in [-0.2, -0.15) is 5.10 Å². The molecule has 208 valence electrons. The van der Waals surface area contributed by atoms with E-state index in [4.69, 9.17) is 4.74 Å². The minimum Gasteiger partial charge on any atom is -0.439 e. The lowest BCUT2D eigenvalue weighted by Crippen LogP contribution is -2.42. The molecule has 0 saturated carbocycles. The number of aryl methyl sites for hydroxylation is 1. The molecule has 0 unspecified atom stereocenters. The van der Waals surface area contributed by atoms with Gasteiger partial charge < -0.3 is 4.74 Å². The normalized spacial score (nSPS) is 12.3. The number of hydrogen-bond acceptors (Lipinski definition) is 6. The highest BCUT2D eigenvalue weighted by molar-refractivity contribution is 5.77. The largest absolute Gasteiger partial charge is 0.439 e. The molecule has 0 N–H and O–H groups in total. The van der Waals surface area contributed by atoms with E-state index >= 15 is 0 Å². The molecule has 4 rings (SSSR count). The first-order valence-electron chi connectivity index (χ1n) is 12.7. The van der Waals surface area contributed by atoms with Gasteiger partial charge in [-0.3, -0.25) is 28.0 Å². The molecule has 3 aromatic heterocycles. The van der Waals surface area contributed by atoms with Crippen molar-refractivity contribution in [3.05, 3.63) is 68.6 Å². The van der Waals surface area contributed by atoms with Crippen LogP contribution in [0.15, 0.2) is 46.2 Å². The molecule has 3 heterocycles. The van der Waals surface area contributed by atoms with Crippen molar-refractivity contribution in [2.75, 3.05) is 0 Å². The Labute approximate surface area is 223 Å². The fourth-order valence-electron chi connectivity index (χ4n) is 4.76. The number of fused-ring (bicyclic) bond motifs is 1. The van der Waals surface area contributed by atoms with E-state index in [1.165, 1.54) is 34.4 Å². The summed E-state index contributed by atoms with van der Waals surface area (Å²) in [6.45, 7) is 9.71. The molecule has 0 fully saturated rings. The monoisotopic (exact) mass is 542 g/mol. The molecule has 0 atom stereocenters. The van der Waals surface area contributed by atoms with Crippen LogP contribution in [-0.4, -0.2) is 34.4 Å². The number of nitrogens with zero attached hydrogens (tertiary/aromatic N) is 6. The van der Waals surface area contributed by atoms with Gasteiger partial charge in [0.05, 0.1) is 18.3 Å². The molecule has 4 aromatic rings. The van der Waals surface area contributed by atoms with Crippen LogP contribution in [0.1, 0.15) is 59.1 Å². The number of benzene rings is 1. The number of esters is 1. The smallest absolute Gasteiger partial charge is 0.332 e. The average Bonchev–Trinajstić information content (AvgIpc) is 3.46. The highest BCUT2D eigenvalue weighted by Crippen LogP contribution is 2.31. The second-order valence-electron chi connectivity index (χ2n) is 9.98. The van der Waals surface area contributed by atoms with E-state index in [9.17, 15) is 23.2 Å². The van der Waals surface area contributed by atoms with Crippen molar-refractivity contribution in [3.63, 3.8) is 0 Å². The van der Waals surface area contributed by atoms with Crippen LogP contribution in [-0.2, 0) is 40.8 Å². The van der Waals surface area contributed by atoms with Gasteiger partial charge >= 0.3 is 11.7 Å². The number of alkyl halides is 2. The maximum absolute atomic E-state index is 13.8. The van der Waals surface area contributed by atoms with Gasteiger partial charge in [0.2, 0.25) is 0 Å². The Morgan fingerprint density at radius 2 is 1.82 bits per heavy atom. The first-order valence-corrected chi connectivity index (χ1v) is 12.7. The van der Waals surface area contributed by atoms with Gasteiger partial charge in [0, 0.05) is 38.7 Å². The standard InChI is InChI=1S/C27H32F2N6O4/c1-7-12-34-24(37)21-23(33(8-2)25(34)38)31-22(35(21)26(4,5)39-17(3)36)19-14-30-32(16-19)15-18-10-9-11-20(13-18)27(6,28)29/h9-11,13-14,16H,7-8,12,15H2,1-6H3. The van der Waals surface area contributed by atoms with Crippen LogP contribution in [0, 0.1) is 0 Å². The Bertz CT molecular complexity index is 1660. The second kappa shape index (κ2) is 10.2. The fourth-order valence-corrected chi connectivity index (χ4v) is 4.76. The van der Waals surface area contributed by atoms with E-state index in [1.807, 2.05) is 6.92 Å². The third-order valence-electron chi connectivity index (χ3n) is 6.39. The topological polar surface area (TPSA) is 106 Å². The second-order valence-corrected chi connectivity index (χ2v) is 9.98. The Kier molecular flexibility index (Phi) is 7.33. The Balaban J connectivity index is 1.92. The number of imidazole rings is 1. The van der Waals surface area contributed by atoms with E-state index in [0.29, 0.717) is 17.5 Å². The molecule has 1 aromatic carbocycles. The summed E-state index contributed by atoms with van der Waals surface area (Å²) in [6, 6.07) is 6.09. The van der Waals surface area contributed by atoms with Crippen molar-refractivity contribution in [3.8, 4) is 11.4 Å². The SMILES string of the molecule is CCCn1c(=O)c2c(nc(-c3cnn(Cc4cccc(C(C)(F)F)c4)c3)n2C(C)(C)OC(C)=O)n(CC)c1=O. The summed E-state index contributed by atoms with van der Waals surface area (Å²) < 4.78 is 38.9. The van der Waals surface area contributed by atoms with Crippen LogP contribution in [0.5, 0.6) is 0 Å². The number of carbonyl (C=O) groups excluding carboxylic acids is 1. The summed E-state index contributed by atoms with van der Waals surface area (Å²) >= 11 is 0. The molecule has 10 nitrogen and oxygen atoms in total. The number of hydrogen-bond donors (Lipinski definition) is 0. The maximum atomic E-state index is 13.8. The highest BCUT2D eigenvalue weighted by Gasteiger charge is 2.33. The Morgan fingerprint density at radius 3 is 2.44 bits per heavy atom. The number of rotatable bonds is 9. The van der Waals surface area contributed by atoms with Crippen molar-refractivity contribution >= 4 is 17.1 Å². The number of ether oxygens (including phenoxy) is 1. The third-order valence-corrected chi connectivity index (χ3v) is 6.39. The van der Waals surface area contributed by atoms with Crippen molar-refractivity contribution < 1.29 is 18.3 Å². The molecule has 0 aliphatic rings. The van der Waals surface area contributed by atoms with Gasteiger partial charge in [0.15, 0.2) is 16.9 Å². The number of halogens is 2. The molecule has 0 aliphatic heterocycles. The lowest BCUT2D eigenvalue weighted by atomic mass is 10.1. The van der Waals surface area contributed by atoms with Crippen LogP contribution < -0.4 is 11.2 Å². The minimum atomic E-state index is -2.97. The molecule has 12 heteroatoms. The molecule has 0 radical (unpaired) electrons. The van der Waals surface area contributed by atoms with E-state index in [2.05, 4.69) is 10.1 Å². The third kappa shape index (κ3) is 5.27. The zero-order valence-electron chi connectivity index (χ0n) is 22.9. The maximum Gasteiger partial charge on any atom is 0.332 e. The van der Waals surface area contributed by atoms with E-state index in [-0.39, 0.29) is 42.2 Å². The summed E-state index contributed by atoms with van der Waals surface area (Å²) in [5, 5.41) is 4.38. The van der Waals surface area contributed by atoms with Crippen molar-refractivity contribution in [2.45, 2.75) is 79.2 Å². The first-order chi connectivity index (χ1) is 18.3. The summed E-state index contributed by atoms with van der Waals surface area (Å²) in [6.07, 6.45) is 3.76. The molecule has 0 saturated heterocycles. The molecular formula is C27H32F2N6O4. The number of aromatic nitrogens is 6. The average molecular weight is 543 g/mol. The van der Waals surface area contributed by atoms with Crippen LogP contribution in [0.2, 0.25) is 0 Å². The number of carbonyl (C=O) groups is 1. The van der Waals surface area contributed by atoms with Gasteiger partial charge in [-0.25, -0.2) is 18.6 Å². The predicted molar refractivity (Wildman–Crippen MR) is 142 cm³/mol. The van der Waals surface area contributed by atoms with Crippen LogP contribution >= 0.6 is 0 Å². The quantitative estimate of drug-likeness (QED) is 0.295. The summed E-state index contributed by atoms with van der Waals surface area (Å²) in [5.41, 5.74) is -1.06. The van der Waals surface area contributed by atoms with E-state index in [1.54, 1.807) is 43.8 Å². The Hall–Kier alpha value is -4.09. The van der Waals surface area contributed by atoms with Crippen molar-refractivity contribution in [2.24, 2.45) is 0 Å². The minimum absolute atomic E-state index is 0.0989. The molecule has 0 aliphatic carbocycles. The molecular weight excluding hydrogens is 510 g/mol. The van der Waals surface area contributed by atoms with Gasteiger partial charge in [-0.15, -0.1) is 0 Å². The predicted octanol–water partition coefficient (Wildman–Crippen LogP) is 4.07. The van der Waals surface area contributed by atoms with Crippen LogP contribution in [0.3, 0.4) is 0 Å². The van der Waals surface area contributed by atoms with Crippen molar-refractivity contribution in [1.82, 2.24) is 28.5 Å². The lowest BCUT2D eigenvalue weighted by molar-refractivity contribution is -0.162. The van der Waals surface area contributed by atoms with Crippen LogP contribution in [0.4, 0.5) is 8.78 Å². The van der Waals surface area contributed by atoms with Crippen LogP contribution in [0.25, 0.3) is 22.6 Å². The van der Waals surface area contributed by atoms with Gasteiger partial charge in [-0.05, 0) is 38.8 Å².